The van der Waals surface area contributed by atoms with E-state index in [0.29, 0.717) is 12.2 Å². The Morgan fingerprint density at radius 3 is 2.58 bits per heavy atom. The first kappa shape index (κ1) is 19.2. The smallest absolute Gasteiger partial charge is 0.343 e. The fourth-order valence-corrected chi connectivity index (χ4v) is 2.14. The highest BCUT2D eigenvalue weighted by Gasteiger charge is 2.18. The van der Waals surface area contributed by atoms with Crippen molar-refractivity contribution in [2.45, 2.75) is 26.2 Å². The standard InChI is InChI=1S/C21H21O5/c1-3-5-9-15-24-20-17(25-19(22)4-2)13-10-14-18(20)26-21(23)16-11-7-6-8-12-16/h4,6-8,10-13H,2-3,5,9,15H2,1H3. The SMILES string of the molecule is C=CC(=O)Oc1cc[c]c(OC(=O)c2ccccc2)c1OCCCCC. The molecule has 0 amide bonds. The van der Waals surface area contributed by atoms with E-state index in [1.165, 1.54) is 12.1 Å². The first-order chi connectivity index (χ1) is 12.7. The van der Waals surface area contributed by atoms with Gasteiger partial charge in [0, 0.05) is 12.1 Å². The van der Waals surface area contributed by atoms with E-state index in [9.17, 15) is 9.59 Å². The van der Waals surface area contributed by atoms with Gasteiger partial charge in [0.1, 0.15) is 0 Å². The Bertz CT molecular complexity index is 752. The van der Waals surface area contributed by atoms with Crippen LogP contribution in [-0.4, -0.2) is 18.5 Å². The molecule has 0 bridgehead atoms. The third kappa shape index (κ3) is 5.48. The van der Waals surface area contributed by atoms with Crippen LogP contribution >= 0.6 is 0 Å². The normalized spacial score (nSPS) is 10.0. The average molecular weight is 353 g/mol. The van der Waals surface area contributed by atoms with Crippen molar-refractivity contribution in [1.82, 2.24) is 0 Å². The number of carbonyl (C=O) groups is 2. The fraction of sp³-hybridized carbons (Fsp3) is 0.238. The van der Waals surface area contributed by atoms with E-state index in [4.69, 9.17) is 14.2 Å². The number of ether oxygens (including phenoxy) is 3. The Balaban J connectivity index is 2.24. The Morgan fingerprint density at radius 1 is 1.12 bits per heavy atom. The van der Waals surface area contributed by atoms with E-state index in [2.05, 4.69) is 19.6 Å². The molecule has 0 aliphatic heterocycles. The lowest BCUT2D eigenvalue weighted by atomic mass is 10.2. The molecular weight excluding hydrogens is 332 g/mol. The van der Waals surface area contributed by atoms with Crippen LogP contribution < -0.4 is 14.2 Å². The summed E-state index contributed by atoms with van der Waals surface area (Å²) in [7, 11) is 0. The van der Waals surface area contributed by atoms with E-state index in [1.807, 2.05) is 0 Å². The minimum atomic E-state index is -0.630. The van der Waals surface area contributed by atoms with Gasteiger partial charge in [0.25, 0.3) is 0 Å². The van der Waals surface area contributed by atoms with E-state index in [0.717, 1.165) is 25.3 Å². The van der Waals surface area contributed by atoms with Gasteiger partial charge in [-0.25, -0.2) is 9.59 Å². The molecule has 1 radical (unpaired) electrons. The number of esters is 2. The largest absolute Gasteiger partial charge is 0.486 e. The molecule has 5 nitrogen and oxygen atoms in total. The average Bonchev–Trinajstić information content (AvgIpc) is 2.67. The lowest BCUT2D eigenvalue weighted by Gasteiger charge is -2.14. The Morgan fingerprint density at radius 2 is 1.88 bits per heavy atom. The summed E-state index contributed by atoms with van der Waals surface area (Å²) in [5, 5.41) is 0. The molecule has 0 aromatic heterocycles. The molecule has 2 aromatic carbocycles. The van der Waals surface area contributed by atoms with Gasteiger partial charge >= 0.3 is 11.9 Å². The summed E-state index contributed by atoms with van der Waals surface area (Å²) in [5.41, 5.74) is 0.395. The maximum Gasteiger partial charge on any atom is 0.343 e. The van der Waals surface area contributed by atoms with Crippen molar-refractivity contribution in [3.05, 3.63) is 66.7 Å². The fourth-order valence-electron chi connectivity index (χ4n) is 2.14. The molecule has 2 rings (SSSR count). The molecule has 0 aliphatic carbocycles. The maximum atomic E-state index is 12.3. The summed E-state index contributed by atoms with van der Waals surface area (Å²) in [5.74, 6) is -0.781. The van der Waals surface area contributed by atoms with E-state index in [-0.39, 0.29) is 17.2 Å². The molecule has 0 fully saturated rings. The van der Waals surface area contributed by atoms with Gasteiger partial charge in [0.15, 0.2) is 11.5 Å². The second-order valence-corrected chi connectivity index (χ2v) is 5.44. The highest BCUT2D eigenvalue weighted by Crippen LogP contribution is 2.37. The van der Waals surface area contributed by atoms with Crippen molar-refractivity contribution in [3.8, 4) is 17.2 Å². The van der Waals surface area contributed by atoms with Gasteiger partial charge in [-0.2, -0.15) is 0 Å². The zero-order valence-electron chi connectivity index (χ0n) is 14.7. The molecule has 0 saturated heterocycles. The molecular formula is C21H21O5. The molecule has 135 valence electrons. The van der Waals surface area contributed by atoms with Crippen LogP contribution in [0.2, 0.25) is 0 Å². The van der Waals surface area contributed by atoms with Crippen molar-refractivity contribution in [1.29, 1.82) is 0 Å². The van der Waals surface area contributed by atoms with Crippen LogP contribution in [0, 0.1) is 6.07 Å². The summed E-state index contributed by atoms with van der Waals surface area (Å²) in [6.07, 6.45) is 3.91. The zero-order valence-corrected chi connectivity index (χ0v) is 14.7. The number of rotatable bonds is 9. The van der Waals surface area contributed by atoms with E-state index >= 15 is 0 Å². The lowest BCUT2D eigenvalue weighted by Crippen LogP contribution is -2.11. The molecule has 0 atom stereocenters. The quantitative estimate of drug-likeness (QED) is 0.290. The van der Waals surface area contributed by atoms with Gasteiger partial charge in [0.2, 0.25) is 5.75 Å². The number of hydrogen-bond donors (Lipinski definition) is 0. The van der Waals surface area contributed by atoms with Crippen molar-refractivity contribution in [2.75, 3.05) is 6.61 Å². The topological polar surface area (TPSA) is 61.8 Å². The molecule has 26 heavy (non-hydrogen) atoms. The highest BCUT2D eigenvalue weighted by atomic mass is 16.6. The first-order valence-electron chi connectivity index (χ1n) is 8.44. The van der Waals surface area contributed by atoms with Gasteiger partial charge in [-0.3, -0.25) is 0 Å². The predicted octanol–water partition coefficient (Wildman–Crippen LogP) is 4.37. The summed E-state index contributed by atoms with van der Waals surface area (Å²) < 4.78 is 16.3. The Labute approximate surface area is 153 Å². The summed E-state index contributed by atoms with van der Waals surface area (Å²) in [6.45, 7) is 5.86. The van der Waals surface area contributed by atoms with Crippen LogP contribution in [0.4, 0.5) is 0 Å². The van der Waals surface area contributed by atoms with Gasteiger partial charge < -0.3 is 14.2 Å². The predicted molar refractivity (Wildman–Crippen MR) is 97.5 cm³/mol. The van der Waals surface area contributed by atoms with Gasteiger partial charge in [-0.1, -0.05) is 44.5 Å². The molecule has 0 spiro atoms. The second kappa shape index (κ2) is 10.0. The molecule has 2 aromatic rings. The summed E-state index contributed by atoms with van der Waals surface area (Å²) in [6, 6.07) is 14.4. The van der Waals surface area contributed by atoms with Crippen molar-refractivity contribution in [2.24, 2.45) is 0 Å². The van der Waals surface area contributed by atoms with Crippen LogP contribution in [0.15, 0.2) is 55.1 Å². The van der Waals surface area contributed by atoms with Crippen molar-refractivity contribution < 1.29 is 23.8 Å². The number of hydrogen-bond acceptors (Lipinski definition) is 5. The summed E-state index contributed by atoms with van der Waals surface area (Å²) in [4.78, 5) is 23.9. The zero-order chi connectivity index (χ0) is 18.8. The molecule has 0 N–H and O–H groups in total. The van der Waals surface area contributed by atoms with Crippen LogP contribution in [0.25, 0.3) is 0 Å². The first-order valence-corrected chi connectivity index (χ1v) is 8.44. The van der Waals surface area contributed by atoms with Gasteiger partial charge in [-0.15, -0.1) is 0 Å². The number of benzene rings is 2. The molecule has 0 saturated carbocycles. The Hall–Kier alpha value is -3.08. The van der Waals surface area contributed by atoms with Crippen LogP contribution in [0.3, 0.4) is 0 Å². The minimum Gasteiger partial charge on any atom is -0.486 e. The Kier molecular flexibility index (Phi) is 7.43. The number of unbranched alkanes of at least 4 members (excludes halogenated alkanes) is 2. The molecule has 0 unspecified atom stereocenters. The summed E-state index contributed by atoms with van der Waals surface area (Å²) >= 11 is 0. The second-order valence-electron chi connectivity index (χ2n) is 5.44. The monoisotopic (exact) mass is 353 g/mol. The maximum absolute atomic E-state index is 12.3. The number of carbonyl (C=O) groups excluding carboxylic acids is 2. The van der Waals surface area contributed by atoms with Crippen LogP contribution in [-0.2, 0) is 4.79 Å². The van der Waals surface area contributed by atoms with Gasteiger partial charge in [-0.05, 0) is 30.7 Å². The molecule has 0 heterocycles. The third-order valence-corrected chi connectivity index (χ3v) is 3.45. The highest BCUT2D eigenvalue weighted by molar-refractivity contribution is 5.91. The minimum absolute atomic E-state index is 0.0738. The van der Waals surface area contributed by atoms with E-state index < -0.39 is 11.9 Å². The molecule has 0 aliphatic rings. The molecule has 5 heteroatoms. The third-order valence-electron chi connectivity index (χ3n) is 3.45. The van der Waals surface area contributed by atoms with Crippen molar-refractivity contribution in [3.63, 3.8) is 0 Å². The van der Waals surface area contributed by atoms with Crippen LogP contribution in [0.5, 0.6) is 17.2 Å². The lowest BCUT2D eigenvalue weighted by molar-refractivity contribution is -0.129. The van der Waals surface area contributed by atoms with Gasteiger partial charge in [0.05, 0.1) is 12.2 Å². The van der Waals surface area contributed by atoms with Crippen LogP contribution in [0.1, 0.15) is 36.5 Å². The van der Waals surface area contributed by atoms with E-state index in [1.54, 1.807) is 30.3 Å². The van der Waals surface area contributed by atoms with Crippen molar-refractivity contribution >= 4 is 11.9 Å².